The first kappa shape index (κ1) is 71.7. The van der Waals surface area contributed by atoms with Gasteiger partial charge in [0.15, 0.2) is 11.8 Å². The van der Waals surface area contributed by atoms with Crippen molar-refractivity contribution in [2.24, 2.45) is 0 Å². The van der Waals surface area contributed by atoms with E-state index in [0.29, 0.717) is 0 Å². The summed E-state index contributed by atoms with van der Waals surface area (Å²) in [4.78, 5) is 6.54. The van der Waals surface area contributed by atoms with Gasteiger partial charge in [0.25, 0.3) is 0 Å². The Kier molecular flexibility index (Phi) is 34.8. The molecule has 0 saturated heterocycles. The van der Waals surface area contributed by atoms with Crippen LogP contribution in [-0.2, 0) is 63.2 Å². The van der Waals surface area contributed by atoms with E-state index in [1.807, 2.05) is 41.5 Å². The first-order chi connectivity index (χ1) is 38.4. The van der Waals surface area contributed by atoms with Crippen LogP contribution in [0, 0.1) is 13.1 Å². The second-order valence-electron chi connectivity index (χ2n) is 20.7. The molecule has 10 heteroatoms. The summed E-state index contributed by atoms with van der Waals surface area (Å²) in [6.45, 7) is 24.3. The summed E-state index contributed by atoms with van der Waals surface area (Å²) in [5.74, 6) is 2.49. The fourth-order valence-electron chi connectivity index (χ4n) is 8.24. The second-order valence-corrected chi connectivity index (χ2v) is 33.6. The molecule has 0 atom stereocenters. The number of hydrogen-bond acceptors (Lipinski definition) is 0. The first-order valence-corrected chi connectivity index (χ1v) is 35.0. The van der Waals surface area contributed by atoms with Gasteiger partial charge in [0.05, 0.1) is 19.2 Å². The summed E-state index contributed by atoms with van der Waals surface area (Å²) in [6.07, 6.45) is 0. The zero-order chi connectivity index (χ0) is 56.0. The molecular formula is C72H78N2P5Pt3+5. The Balaban J connectivity index is 0.000000299. The summed E-state index contributed by atoms with van der Waals surface area (Å²) in [5, 5.41) is 14.9. The van der Waals surface area contributed by atoms with E-state index < -0.39 is 31.7 Å². The van der Waals surface area contributed by atoms with Crippen molar-refractivity contribution < 1.29 is 63.2 Å². The van der Waals surface area contributed by atoms with Crippen molar-refractivity contribution in [3.8, 4) is 0 Å². The minimum atomic E-state index is -0.847. The van der Waals surface area contributed by atoms with Gasteiger partial charge in [-0.1, -0.05) is 182 Å². The Morgan fingerprint density at radius 2 is 0.378 bits per heavy atom. The maximum Gasteiger partial charge on any atom is 0.224 e. The average molecular weight is 1710 g/mol. The van der Waals surface area contributed by atoms with Gasteiger partial charge in [0.1, 0.15) is 74.1 Å². The van der Waals surface area contributed by atoms with Crippen LogP contribution in [0.15, 0.2) is 303 Å². The molecule has 0 fully saturated rings. The quantitative estimate of drug-likeness (QED) is 0.0758. The molecule has 0 heterocycles. The standard InChI is InChI=1S/2C25H22P2.C12H11P.2C5H9N.3Pt/c2*1-5-13-22(14-6-1)26(23-15-7-2-8-16-23)21-27(24-17-9-3-10-18-24)25-19-11-4-12-20-25;1-3-7-11(8-4-1)13-12-9-5-2-6-10-12;2*1-5(2,3)6-4;;;/h2*1-20H,21H2;1-10,13H;2*1-3H3;;;/p+5. The fourth-order valence-corrected chi connectivity index (χ4v) is 24.9. The molecule has 0 aliphatic rings. The maximum absolute atomic E-state index is 6.48. The van der Waals surface area contributed by atoms with Gasteiger partial charge in [-0.15, -0.1) is 0 Å². The predicted octanol–water partition coefficient (Wildman–Crippen LogP) is 14.8. The molecule has 0 aliphatic carbocycles. The van der Waals surface area contributed by atoms with Gasteiger partial charge in [0, 0.05) is 105 Å². The van der Waals surface area contributed by atoms with Crippen LogP contribution >= 0.6 is 40.3 Å². The Labute approximate surface area is 542 Å². The van der Waals surface area contributed by atoms with E-state index in [2.05, 4.69) is 313 Å². The SMILES string of the molecule is [C-]#[N+]C(C)(C)C.[C-]#[N+]C(C)(C)C.[Pt].[Pt].[Pt].c1ccc([PH+](C[PH+](c2ccccc2)c2ccccc2)c2ccccc2)cc1.c1ccc([PH+](C[PH+](c2ccccc2)c2ccccc2)c2ccccc2)cc1.c1ccc([PH2+]c2ccccc2)cc1. The van der Waals surface area contributed by atoms with Crippen molar-refractivity contribution in [3.05, 3.63) is 326 Å². The number of nitrogens with zero attached hydrogens (tertiary/aromatic N) is 2. The predicted molar refractivity (Wildman–Crippen MR) is 366 cm³/mol. The van der Waals surface area contributed by atoms with Crippen LogP contribution in [0.5, 0.6) is 0 Å². The third kappa shape index (κ3) is 26.5. The number of hydrogen-bond donors (Lipinski definition) is 0. The molecule has 426 valence electrons. The monoisotopic (exact) mass is 1710 g/mol. The Bertz CT molecular complexity index is 2730. The Hall–Kier alpha value is -4.61. The van der Waals surface area contributed by atoms with E-state index in [9.17, 15) is 0 Å². The molecule has 0 aromatic heterocycles. The van der Waals surface area contributed by atoms with Crippen molar-refractivity contribution in [1.82, 2.24) is 0 Å². The van der Waals surface area contributed by atoms with Crippen molar-refractivity contribution >= 4 is 93.3 Å². The molecule has 10 aromatic carbocycles. The van der Waals surface area contributed by atoms with Gasteiger partial charge in [-0.3, -0.25) is 0 Å². The smallest absolute Gasteiger partial charge is 0.224 e. The van der Waals surface area contributed by atoms with Gasteiger partial charge in [0.2, 0.25) is 11.1 Å². The van der Waals surface area contributed by atoms with E-state index >= 15 is 0 Å². The fraction of sp³-hybridized carbons (Fsp3) is 0.139. The molecule has 0 N–H and O–H groups in total. The van der Waals surface area contributed by atoms with Gasteiger partial charge in [-0.2, -0.15) is 0 Å². The van der Waals surface area contributed by atoms with E-state index in [-0.39, 0.29) is 82.9 Å². The van der Waals surface area contributed by atoms with Crippen LogP contribution in [0.25, 0.3) is 9.69 Å². The summed E-state index contributed by atoms with van der Waals surface area (Å²) >= 11 is 0. The van der Waals surface area contributed by atoms with Crippen LogP contribution in [0.1, 0.15) is 41.5 Å². The molecule has 0 aliphatic heterocycles. The number of benzene rings is 10. The minimum Gasteiger partial charge on any atom is -0.311 e. The molecular weight excluding hydrogens is 1630 g/mol. The molecule has 82 heavy (non-hydrogen) atoms. The van der Waals surface area contributed by atoms with Crippen molar-refractivity contribution in [2.75, 3.05) is 11.8 Å². The summed E-state index contributed by atoms with van der Waals surface area (Å²) in [7, 11) is -3.12. The molecule has 0 saturated carbocycles. The Morgan fingerprint density at radius 3 is 0.500 bits per heavy atom. The molecule has 2 nitrogen and oxygen atoms in total. The maximum atomic E-state index is 6.48. The van der Waals surface area contributed by atoms with E-state index in [0.717, 1.165) is 0 Å². The number of rotatable bonds is 14. The van der Waals surface area contributed by atoms with Crippen molar-refractivity contribution in [3.63, 3.8) is 0 Å². The summed E-state index contributed by atoms with van der Waals surface area (Å²) in [6, 6.07) is 110. The van der Waals surface area contributed by atoms with Crippen LogP contribution in [0.2, 0.25) is 0 Å². The summed E-state index contributed by atoms with van der Waals surface area (Å²) < 4.78 is 0. The van der Waals surface area contributed by atoms with Crippen molar-refractivity contribution in [1.29, 1.82) is 0 Å². The van der Waals surface area contributed by atoms with E-state index in [1.54, 1.807) is 0 Å². The molecule has 10 aromatic rings. The molecule has 0 bridgehead atoms. The zero-order valence-electron chi connectivity index (χ0n) is 47.7. The van der Waals surface area contributed by atoms with Crippen LogP contribution in [0.3, 0.4) is 0 Å². The van der Waals surface area contributed by atoms with Crippen LogP contribution in [-0.4, -0.2) is 22.9 Å². The van der Waals surface area contributed by atoms with Crippen LogP contribution in [0.4, 0.5) is 0 Å². The molecule has 0 radical (unpaired) electrons. The normalized spacial score (nSPS) is 10.3. The average Bonchev–Trinajstić information content (AvgIpc) is 3.70. The zero-order valence-corrected chi connectivity index (χ0v) is 59.7. The molecule has 0 spiro atoms. The van der Waals surface area contributed by atoms with Crippen LogP contribution < -0.4 is 53.0 Å². The molecule has 0 amide bonds. The third-order valence-electron chi connectivity index (χ3n) is 12.3. The second kappa shape index (κ2) is 39.8. The van der Waals surface area contributed by atoms with Gasteiger partial charge in [-0.05, 0) is 121 Å². The largest absolute Gasteiger partial charge is 0.311 e. The first-order valence-electron chi connectivity index (χ1n) is 27.0. The van der Waals surface area contributed by atoms with Gasteiger partial charge >= 0.3 is 0 Å². The third-order valence-corrected chi connectivity index (χ3v) is 27.6. The topological polar surface area (TPSA) is 8.72 Å². The molecule has 0 unspecified atom stereocenters. The van der Waals surface area contributed by atoms with E-state index in [4.69, 9.17) is 13.1 Å². The Morgan fingerprint density at radius 1 is 0.256 bits per heavy atom. The summed E-state index contributed by atoms with van der Waals surface area (Å²) in [5.41, 5.74) is -0.333. The molecule has 10 rings (SSSR count). The van der Waals surface area contributed by atoms with Gasteiger partial charge < -0.3 is 9.69 Å². The van der Waals surface area contributed by atoms with Gasteiger partial charge in [-0.25, -0.2) is 13.1 Å². The van der Waals surface area contributed by atoms with Crippen molar-refractivity contribution in [2.45, 2.75) is 52.6 Å². The minimum absolute atomic E-state index is 0. The van der Waals surface area contributed by atoms with E-state index in [1.165, 1.54) is 64.9 Å².